The van der Waals surface area contributed by atoms with E-state index in [1.165, 1.54) is 0 Å². The van der Waals surface area contributed by atoms with E-state index in [4.69, 9.17) is 0 Å². The van der Waals surface area contributed by atoms with E-state index in [2.05, 4.69) is 5.32 Å². The van der Waals surface area contributed by atoms with E-state index in [9.17, 15) is 9.59 Å². The fraction of sp³-hybridized carbons (Fsp3) is 0.300. The van der Waals surface area contributed by atoms with Crippen molar-refractivity contribution in [1.29, 1.82) is 0 Å². The van der Waals surface area contributed by atoms with Gasteiger partial charge in [0, 0.05) is 24.3 Å². The molecule has 2 aromatic carbocycles. The molecule has 0 unspecified atom stereocenters. The minimum absolute atomic E-state index is 0.0185. The topological polar surface area (TPSA) is 49.4 Å². The van der Waals surface area contributed by atoms with E-state index in [1.54, 1.807) is 29.2 Å². The molecule has 4 heteroatoms. The molecule has 2 aromatic rings. The number of hydrogen-bond donors (Lipinski definition) is 1. The molecule has 126 valence electrons. The normalized spacial score (nSPS) is 10.3. The summed E-state index contributed by atoms with van der Waals surface area (Å²) in [5.41, 5.74) is 3.34. The number of carbonyl (C=O) groups is 2. The van der Waals surface area contributed by atoms with Crippen LogP contribution in [0.15, 0.2) is 48.5 Å². The van der Waals surface area contributed by atoms with Crippen LogP contribution in [-0.2, 0) is 11.2 Å². The molecule has 24 heavy (non-hydrogen) atoms. The highest BCUT2D eigenvalue weighted by molar-refractivity contribution is 5.97. The van der Waals surface area contributed by atoms with Gasteiger partial charge in [-0.05, 0) is 50.1 Å². The van der Waals surface area contributed by atoms with Gasteiger partial charge in [-0.15, -0.1) is 0 Å². The molecule has 0 aliphatic heterocycles. The highest BCUT2D eigenvalue weighted by atomic mass is 16.2. The molecule has 0 aliphatic carbocycles. The minimum atomic E-state index is -0.0864. The molecule has 0 spiro atoms. The molecule has 0 saturated carbocycles. The van der Waals surface area contributed by atoms with Crippen LogP contribution in [0, 0.1) is 6.92 Å². The lowest BCUT2D eigenvalue weighted by atomic mass is 10.1. The Balaban J connectivity index is 2.08. The molecule has 4 nitrogen and oxygen atoms in total. The van der Waals surface area contributed by atoms with Crippen LogP contribution in [0.5, 0.6) is 0 Å². The van der Waals surface area contributed by atoms with Crippen molar-refractivity contribution in [3.63, 3.8) is 0 Å². The SMILES string of the molecule is CCN(CC)C(=O)c1cccc(NC(=O)Cc2ccccc2C)c1. The van der Waals surface area contributed by atoms with Gasteiger partial charge in [-0.3, -0.25) is 9.59 Å². The quantitative estimate of drug-likeness (QED) is 0.881. The van der Waals surface area contributed by atoms with Crippen molar-refractivity contribution in [2.75, 3.05) is 18.4 Å². The molecule has 0 heterocycles. The monoisotopic (exact) mass is 324 g/mol. The van der Waals surface area contributed by atoms with Crippen LogP contribution in [0.3, 0.4) is 0 Å². The van der Waals surface area contributed by atoms with Gasteiger partial charge in [0.05, 0.1) is 6.42 Å². The maximum atomic E-state index is 12.4. The Kier molecular flexibility index (Phi) is 6.13. The van der Waals surface area contributed by atoms with Crippen molar-refractivity contribution in [2.24, 2.45) is 0 Å². The highest BCUT2D eigenvalue weighted by Crippen LogP contribution is 2.14. The second kappa shape index (κ2) is 8.29. The molecular weight excluding hydrogens is 300 g/mol. The van der Waals surface area contributed by atoms with E-state index in [0.717, 1.165) is 11.1 Å². The first-order chi connectivity index (χ1) is 11.5. The van der Waals surface area contributed by atoms with Gasteiger partial charge >= 0.3 is 0 Å². The smallest absolute Gasteiger partial charge is 0.253 e. The van der Waals surface area contributed by atoms with Crippen molar-refractivity contribution < 1.29 is 9.59 Å². The second-order valence-electron chi connectivity index (χ2n) is 5.71. The molecule has 0 bridgehead atoms. The van der Waals surface area contributed by atoms with E-state index in [-0.39, 0.29) is 11.8 Å². The average Bonchev–Trinajstić information content (AvgIpc) is 2.58. The summed E-state index contributed by atoms with van der Waals surface area (Å²) in [6.07, 6.45) is 0.320. The van der Waals surface area contributed by atoms with Crippen molar-refractivity contribution in [2.45, 2.75) is 27.2 Å². The van der Waals surface area contributed by atoms with Gasteiger partial charge in [0.2, 0.25) is 5.91 Å². The van der Waals surface area contributed by atoms with Crippen LogP contribution in [0.4, 0.5) is 5.69 Å². The standard InChI is InChI=1S/C20H24N2O2/c1-4-22(5-2)20(24)17-11-8-12-18(13-17)21-19(23)14-16-10-7-6-9-15(16)3/h6-13H,4-5,14H2,1-3H3,(H,21,23). The van der Waals surface area contributed by atoms with Crippen LogP contribution >= 0.6 is 0 Å². The van der Waals surface area contributed by atoms with Gasteiger partial charge in [0.25, 0.3) is 5.91 Å². The summed E-state index contributed by atoms with van der Waals surface area (Å²) in [5.74, 6) is -0.105. The Morgan fingerprint density at radius 1 is 1.00 bits per heavy atom. The summed E-state index contributed by atoms with van der Waals surface area (Å²) in [6, 6.07) is 14.9. The Hall–Kier alpha value is -2.62. The summed E-state index contributed by atoms with van der Waals surface area (Å²) in [7, 11) is 0. The minimum Gasteiger partial charge on any atom is -0.339 e. The van der Waals surface area contributed by atoms with Gasteiger partial charge in [0.15, 0.2) is 0 Å². The third-order valence-electron chi connectivity index (χ3n) is 4.06. The molecule has 2 rings (SSSR count). The van der Waals surface area contributed by atoms with Gasteiger partial charge < -0.3 is 10.2 Å². The first-order valence-electron chi connectivity index (χ1n) is 8.28. The van der Waals surface area contributed by atoms with Crippen LogP contribution in [0.2, 0.25) is 0 Å². The summed E-state index contributed by atoms with van der Waals surface area (Å²) in [6.45, 7) is 7.23. The predicted octanol–water partition coefficient (Wildman–Crippen LogP) is 3.66. The summed E-state index contributed by atoms with van der Waals surface area (Å²) in [4.78, 5) is 26.4. The Labute approximate surface area is 143 Å². The Bertz CT molecular complexity index is 721. The number of nitrogens with zero attached hydrogens (tertiary/aromatic N) is 1. The number of carbonyl (C=O) groups excluding carboxylic acids is 2. The fourth-order valence-corrected chi connectivity index (χ4v) is 2.61. The zero-order valence-electron chi connectivity index (χ0n) is 14.5. The average molecular weight is 324 g/mol. The highest BCUT2D eigenvalue weighted by Gasteiger charge is 2.13. The number of amides is 2. The van der Waals surface area contributed by atoms with E-state index in [0.29, 0.717) is 30.8 Å². The van der Waals surface area contributed by atoms with Crippen molar-refractivity contribution in [3.8, 4) is 0 Å². The van der Waals surface area contributed by atoms with Crippen LogP contribution < -0.4 is 5.32 Å². The second-order valence-corrected chi connectivity index (χ2v) is 5.71. The molecule has 0 aromatic heterocycles. The first kappa shape index (κ1) is 17.7. The van der Waals surface area contributed by atoms with Crippen LogP contribution in [0.25, 0.3) is 0 Å². The van der Waals surface area contributed by atoms with E-state index in [1.807, 2.05) is 45.0 Å². The molecule has 0 fully saturated rings. The van der Waals surface area contributed by atoms with Crippen LogP contribution in [0.1, 0.15) is 35.3 Å². The Morgan fingerprint density at radius 2 is 1.71 bits per heavy atom. The summed E-state index contributed by atoms with van der Waals surface area (Å²) >= 11 is 0. The predicted molar refractivity (Wildman–Crippen MR) is 97.2 cm³/mol. The van der Waals surface area contributed by atoms with E-state index >= 15 is 0 Å². The van der Waals surface area contributed by atoms with Crippen molar-refractivity contribution >= 4 is 17.5 Å². The zero-order valence-corrected chi connectivity index (χ0v) is 14.5. The number of nitrogens with one attached hydrogen (secondary N) is 1. The lowest BCUT2D eigenvalue weighted by Crippen LogP contribution is -2.30. The number of aryl methyl sites for hydroxylation is 1. The fourth-order valence-electron chi connectivity index (χ4n) is 2.61. The van der Waals surface area contributed by atoms with Gasteiger partial charge in [-0.1, -0.05) is 30.3 Å². The zero-order chi connectivity index (χ0) is 17.5. The lowest BCUT2D eigenvalue weighted by Gasteiger charge is -2.19. The molecule has 2 amide bonds. The van der Waals surface area contributed by atoms with Crippen LogP contribution in [-0.4, -0.2) is 29.8 Å². The summed E-state index contributed by atoms with van der Waals surface area (Å²) in [5, 5.41) is 2.88. The molecule has 0 radical (unpaired) electrons. The number of hydrogen-bond acceptors (Lipinski definition) is 2. The molecule has 0 atom stereocenters. The van der Waals surface area contributed by atoms with Crippen molar-refractivity contribution in [3.05, 3.63) is 65.2 Å². The molecule has 0 saturated heterocycles. The Morgan fingerprint density at radius 3 is 2.38 bits per heavy atom. The van der Waals surface area contributed by atoms with Gasteiger partial charge in [0.1, 0.15) is 0 Å². The molecule has 1 N–H and O–H groups in total. The summed E-state index contributed by atoms with van der Waals surface area (Å²) < 4.78 is 0. The third-order valence-corrected chi connectivity index (χ3v) is 4.06. The molecular formula is C20H24N2O2. The van der Waals surface area contributed by atoms with Crippen molar-refractivity contribution in [1.82, 2.24) is 4.90 Å². The lowest BCUT2D eigenvalue weighted by molar-refractivity contribution is -0.115. The number of rotatable bonds is 6. The number of anilines is 1. The maximum absolute atomic E-state index is 12.4. The molecule has 0 aliphatic rings. The van der Waals surface area contributed by atoms with Gasteiger partial charge in [-0.2, -0.15) is 0 Å². The third kappa shape index (κ3) is 4.44. The maximum Gasteiger partial charge on any atom is 0.253 e. The number of benzene rings is 2. The first-order valence-corrected chi connectivity index (χ1v) is 8.28. The largest absolute Gasteiger partial charge is 0.339 e. The van der Waals surface area contributed by atoms with Gasteiger partial charge in [-0.25, -0.2) is 0 Å². The van der Waals surface area contributed by atoms with E-state index < -0.39 is 0 Å².